The van der Waals surface area contributed by atoms with Crippen LogP contribution < -0.4 is 10.5 Å². The molecule has 0 saturated heterocycles. The van der Waals surface area contributed by atoms with E-state index < -0.39 is 10.0 Å². The van der Waals surface area contributed by atoms with Crippen LogP contribution in [0.15, 0.2) is 11.0 Å². The van der Waals surface area contributed by atoms with Crippen molar-refractivity contribution in [3.63, 3.8) is 0 Å². The molecule has 7 heteroatoms. The second kappa shape index (κ2) is 6.63. The molecule has 0 aromatic carbocycles. The maximum absolute atomic E-state index is 12.2. The first-order valence-corrected chi connectivity index (χ1v) is 8.10. The van der Waals surface area contributed by atoms with Crippen LogP contribution in [0.2, 0.25) is 0 Å². The van der Waals surface area contributed by atoms with Crippen molar-refractivity contribution in [1.29, 1.82) is 0 Å². The largest absolute Gasteiger partial charge is 0.380 e. The molecule has 0 radical (unpaired) electrons. The summed E-state index contributed by atoms with van der Waals surface area (Å²) in [6, 6.07) is 1.38. The van der Waals surface area contributed by atoms with Crippen molar-refractivity contribution >= 4 is 21.4 Å². The highest BCUT2D eigenvalue weighted by molar-refractivity contribution is 7.89. The Kier molecular flexibility index (Phi) is 5.74. The van der Waals surface area contributed by atoms with Gasteiger partial charge in [0.15, 0.2) is 0 Å². The van der Waals surface area contributed by atoms with E-state index in [4.69, 9.17) is 10.5 Å². The molecule has 0 aliphatic carbocycles. The van der Waals surface area contributed by atoms with Crippen LogP contribution in [0.5, 0.6) is 0 Å². The number of nitrogens with two attached hydrogens (primary N) is 1. The van der Waals surface area contributed by atoms with Gasteiger partial charge in [-0.05, 0) is 26.8 Å². The molecule has 18 heavy (non-hydrogen) atoms. The SMILES string of the molecule is CCOCC(C)NS(=O)(=O)c1cc(CN)sc1C. The normalized spacial score (nSPS) is 13.8. The average Bonchev–Trinajstić information content (AvgIpc) is 2.68. The lowest BCUT2D eigenvalue weighted by atomic mass is 10.4. The molecule has 1 atom stereocenters. The Morgan fingerprint density at radius 2 is 2.22 bits per heavy atom. The number of sulfonamides is 1. The van der Waals surface area contributed by atoms with E-state index in [0.29, 0.717) is 24.7 Å². The van der Waals surface area contributed by atoms with Crippen LogP contribution >= 0.6 is 11.3 Å². The van der Waals surface area contributed by atoms with Gasteiger partial charge < -0.3 is 10.5 Å². The zero-order valence-corrected chi connectivity index (χ0v) is 12.5. The monoisotopic (exact) mass is 292 g/mol. The average molecular weight is 292 g/mol. The summed E-state index contributed by atoms with van der Waals surface area (Å²) >= 11 is 1.41. The lowest BCUT2D eigenvalue weighted by Gasteiger charge is -2.13. The molecule has 1 aromatic rings. The van der Waals surface area contributed by atoms with Gasteiger partial charge in [0.05, 0.1) is 11.5 Å². The van der Waals surface area contributed by atoms with E-state index >= 15 is 0 Å². The van der Waals surface area contributed by atoms with E-state index in [2.05, 4.69) is 4.72 Å². The van der Waals surface area contributed by atoms with Gasteiger partial charge in [-0.3, -0.25) is 0 Å². The number of rotatable bonds is 7. The highest BCUT2D eigenvalue weighted by atomic mass is 32.2. The number of thiophene rings is 1. The summed E-state index contributed by atoms with van der Waals surface area (Å²) < 4.78 is 32.1. The molecule has 104 valence electrons. The number of aryl methyl sites for hydroxylation is 1. The third-order valence-electron chi connectivity index (χ3n) is 2.34. The van der Waals surface area contributed by atoms with Crippen LogP contribution in [0.25, 0.3) is 0 Å². The molecule has 5 nitrogen and oxygen atoms in total. The molecule has 0 aliphatic heterocycles. The first-order valence-electron chi connectivity index (χ1n) is 5.80. The van der Waals surface area contributed by atoms with Crippen LogP contribution in [0.4, 0.5) is 0 Å². The first-order chi connectivity index (χ1) is 8.40. The van der Waals surface area contributed by atoms with Gasteiger partial charge in [-0.15, -0.1) is 11.3 Å². The molecule has 0 amide bonds. The predicted octanol–water partition coefficient (Wildman–Crippen LogP) is 1.22. The van der Waals surface area contributed by atoms with E-state index in [0.717, 1.165) is 9.75 Å². The zero-order valence-electron chi connectivity index (χ0n) is 10.9. The maximum Gasteiger partial charge on any atom is 0.241 e. The van der Waals surface area contributed by atoms with Crippen molar-refractivity contribution in [2.45, 2.75) is 38.3 Å². The van der Waals surface area contributed by atoms with Crippen molar-refractivity contribution in [3.05, 3.63) is 15.8 Å². The van der Waals surface area contributed by atoms with E-state index in [-0.39, 0.29) is 6.04 Å². The molecule has 0 saturated carbocycles. The maximum atomic E-state index is 12.2. The van der Waals surface area contributed by atoms with Crippen molar-refractivity contribution in [2.24, 2.45) is 5.73 Å². The molecule has 1 aromatic heterocycles. The molecule has 0 fully saturated rings. The standard InChI is InChI=1S/C11H20N2O3S2/c1-4-16-7-8(2)13-18(14,15)11-5-10(6-12)17-9(11)3/h5,8,13H,4,6-7,12H2,1-3H3. The summed E-state index contributed by atoms with van der Waals surface area (Å²) in [4.78, 5) is 1.94. The Morgan fingerprint density at radius 3 is 2.72 bits per heavy atom. The minimum absolute atomic E-state index is 0.254. The fourth-order valence-corrected chi connectivity index (χ4v) is 4.29. The predicted molar refractivity (Wildman–Crippen MR) is 73.2 cm³/mol. The van der Waals surface area contributed by atoms with Gasteiger partial charge >= 0.3 is 0 Å². The first kappa shape index (κ1) is 15.6. The van der Waals surface area contributed by atoms with Gasteiger partial charge in [0.2, 0.25) is 10.0 Å². The molecular formula is C11H20N2O3S2. The van der Waals surface area contributed by atoms with Crippen LogP contribution in [0.1, 0.15) is 23.6 Å². The lowest BCUT2D eigenvalue weighted by molar-refractivity contribution is 0.133. The molecular weight excluding hydrogens is 272 g/mol. The Morgan fingerprint density at radius 1 is 1.56 bits per heavy atom. The van der Waals surface area contributed by atoms with E-state index in [1.54, 1.807) is 19.9 Å². The number of hydrogen-bond donors (Lipinski definition) is 2. The molecule has 1 rings (SSSR count). The zero-order chi connectivity index (χ0) is 13.8. The molecule has 1 unspecified atom stereocenters. The van der Waals surface area contributed by atoms with Gasteiger partial charge in [0, 0.05) is 28.9 Å². The van der Waals surface area contributed by atoms with Crippen LogP contribution in [-0.2, 0) is 21.3 Å². The van der Waals surface area contributed by atoms with Gasteiger partial charge in [-0.2, -0.15) is 0 Å². The third kappa shape index (κ3) is 4.03. The minimum Gasteiger partial charge on any atom is -0.380 e. The Bertz CT molecular complexity index is 482. The Balaban J connectivity index is 2.82. The summed E-state index contributed by atoms with van der Waals surface area (Å²) in [7, 11) is -3.49. The van der Waals surface area contributed by atoms with Gasteiger partial charge in [0.25, 0.3) is 0 Å². The molecule has 0 bridgehead atoms. The summed E-state index contributed by atoms with van der Waals surface area (Å²) in [6.45, 7) is 6.72. The molecule has 1 heterocycles. The molecule has 0 spiro atoms. The van der Waals surface area contributed by atoms with Gasteiger partial charge in [-0.25, -0.2) is 13.1 Å². The minimum atomic E-state index is -3.49. The van der Waals surface area contributed by atoms with Crippen molar-refractivity contribution in [2.75, 3.05) is 13.2 Å². The van der Waals surface area contributed by atoms with Crippen LogP contribution in [-0.4, -0.2) is 27.7 Å². The number of nitrogens with one attached hydrogen (secondary N) is 1. The summed E-state index contributed by atoms with van der Waals surface area (Å²) in [5.74, 6) is 0. The quantitative estimate of drug-likeness (QED) is 0.791. The Hall–Kier alpha value is -0.470. The lowest BCUT2D eigenvalue weighted by Crippen LogP contribution is -2.36. The van der Waals surface area contributed by atoms with Gasteiger partial charge in [0.1, 0.15) is 0 Å². The number of hydrogen-bond acceptors (Lipinski definition) is 5. The second-order valence-corrected chi connectivity index (χ2v) is 7.04. The molecule has 3 N–H and O–H groups in total. The summed E-state index contributed by atoms with van der Waals surface area (Å²) in [5.41, 5.74) is 5.52. The highest BCUT2D eigenvalue weighted by Gasteiger charge is 2.21. The highest BCUT2D eigenvalue weighted by Crippen LogP contribution is 2.25. The van der Waals surface area contributed by atoms with Crippen molar-refractivity contribution < 1.29 is 13.2 Å². The van der Waals surface area contributed by atoms with E-state index in [9.17, 15) is 8.42 Å². The number of ether oxygens (including phenoxy) is 1. The molecule has 0 aliphatic rings. The van der Waals surface area contributed by atoms with Crippen LogP contribution in [0, 0.1) is 6.92 Å². The topological polar surface area (TPSA) is 81.4 Å². The smallest absolute Gasteiger partial charge is 0.241 e. The van der Waals surface area contributed by atoms with Crippen molar-refractivity contribution in [3.8, 4) is 0 Å². The van der Waals surface area contributed by atoms with E-state index in [1.165, 1.54) is 11.3 Å². The van der Waals surface area contributed by atoms with Crippen LogP contribution in [0.3, 0.4) is 0 Å². The summed E-state index contributed by atoms with van der Waals surface area (Å²) in [5, 5.41) is 0. The van der Waals surface area contributed by atoms with Gasteiger partial charge in [-0.1, -0.05) is 0 Å². The second-order valence-electron chi connectivity index (χ2n) is 4.02. The fraction of sp³-hybridized carbons (Fsp3) is 0.636. The Labute approximate surface area is 112 Å². The third-order valence-corrected chi connectivity index (χ3v) is 5.26. The van der Waals surface area contributed by atoms with E-state index in [1.807, 2.05) is 6.92 Å². The van der Waals surface area contributed by atoms with Crippen molar-refractivity contribution in [1.82, 2.24) is 4.72 Å². The summed E-state index contributed by atoms with van der Waals surface area (Å²) in [6.07, 6.45) is 0. The fourth-order valence-electron chi connectivity index (χ4n) is 1.55.